The van der Waals surface area contributed by atoms with E-state index in [0.29, 0.717) is 17.3 Å². The summed E-state index contributed by atoms with van der Waals surface area (Å²) in [5, 5.41) is 11.2. The van der Waals surface area contributed by atoms with Crippen molar-refractivity contribution in [2.75, 3.05) is 5.73 Å². The Morgan fingerprint density at radius 2 is 2.33 bits per heavy atom. The predicted octanol–water partition coefficient (Wildman–Crippen LogP) is 1.28. The topological polar surface area (TPSA) is 72.5 Å². The fraction of sp³-hybridized carbons (Fsp3) is 0.333. The number of aromatic nitrogens is 4. The second kappa shape index (κ2) is 3.58. The SMILES string of the molecule is Cc1cc(Cc2[nH]nc(Cl)c2N)n(C)n1. The van der Waals surface area contributed by atoms with Gasteiger partial charge in [-0.2, -0.15) is 10.2 Å². The van der Waals surface area contributed by atoms with Crippen molar-refractivity contribution in [2.45, 2.75) is 13.3 Å². The summed E-state index contributed by atoms with van der Waals surface area (Å²) in [6.07, 6.45) is 0.656. The normalized spacial score (nSPS) is 10.9. The van der Waals surface area contributed by atoms with Crippen molar-refractivity contribution in [3.8, 4) is 0 Å². The lowest BCUT2D eigenvalue weighted by atomic mass is 10.2. The van der Waals surface area contributed by atoms with Gasteiger partial charge in [-0.25, -0.2) is 0 Å². The molecule has 0 aliphatic rings. The largest absolute Gasteiger partial charge is 0.395 e. The van der Waals surface area contributed by atoms with E-state index >= 15 is 0 Å². The Morgan fingerprint density at radius 3 is 2.80 bits per heavy atom. The number of nitrogens with one attached hydrogen (secondary N) is 1. The molecule has 0 saturated carbocycles. The Kier molecular flexibility index (Phi) is 2.40. The number of nitrogens with two attached hydrogens (primary N) is 1. The summed E-state index contributed by atoms with van der Waals surface area (Å²) >= 11 is 5.75. The first-order valence-corrected chi connectivity index (χ1v) is 4.93. The molecule has 0 aliphatic carbocycles. The summed E-state index contributed by atoms with van der Waals surface area (Å²) in [5.41, 5.74) is 9.14. The van der Waals surface area contributed by atoms with Gasteiger partial charge in [0.15, 0.2) is 5.15 Å². The number of hydrogen-bond donors (Lipinski definition) is 2. The van der Waals surface area contributed by atoms with Gasteiger partial charge >= 0.3 is 0 Å². The third-order valence-electron chi connectivity index (χ3n) is 2.29. The molecule has 0 saturated heterocycles. The lowest BCUT2D eigenvalue weighted by Gasteiger charge is -2.00. The fourth-order valence-electron chi connectivity index (χ4n) is 1.51. The zero-order valence-corrected chi connectivity index (χ0v) is 9.34. The minimum absolute atomic E-state index is 0.323. The van der Waals surface area contributed by atoms with E-state index in [1.165, 1.54) is 0 Å². The molecule has 6 heteroatoms. The molecule has 2 heterocycles. The maximum Gasteiger partial charge on any atom is 0.174 e. The maximum absolute atomic E-state index is 5.75. The highest BCUT2D eigenvalue weighted by atomic mass is 35.5. The molecular weight excluding hydrogens is 214 g/mol. The highest BCUT2D eigenvalue weighted by molar-refractivity contribution is 6.31. The standard InChI is InChI=1S/C9H12ClN5/c1-5-3-6(15(2)14-5)4-7-8(11)9(10)13-12-7/h3H,4,11H2,1-2H3,(H,12,13). The van der Waals surface area contributed by atoms with Gasteiger partial charge in [0.2, 0.25) is 0 Å². The van der Waals surface area contributed by atoms with Crippen LogP contribution in [0.15, 0.2) is 6.07 Å². The van der Waals surface area contributed by atoms with E-state index in [4.69, 9.17) is 17.3 Å². The molecule has 3 N–H and O–H groups in total. The van der Waals surface area contributed by atoms with Gasteiger partial charge < -0.3 is 5.73 Å². The van der Waals surface area contributed by atoms with Gasteiger partial charge in [0.1, 0.15) is 0 Å². The first-order chi connectivity index (χ1) is 7.08. The van der Waals surface area contributed by atoms with Gasteiger partial charge in [-0.3, -0.25) is 9.78 Å². The Bertz CT molecular complexity index is 485. The van der Waals surface area contributed by atoms with Crippen LogP contribution in [0.4, 0.5) is 5.69 Å². The van der Waals surface area contributed by atoms with Crippen LogP contribution in [0.3, 0.4) is 0 Å². The van der Waals surface area contributed by atoms with Crippen LogP contribution >= 0.6 is 11.6 Å². The van der Waals surface area contributed by atoms with E-state index in [1.807, 2.05) is 24.7 Å². The molecule has 0 aromatic carbocycles. The van der Waals surface area contributed by atoms with Crippen molar-refractivity contribution in [1.82, 2.24) is 20.0 Å². The van der Waals surface area contributed by atoms with E-state index < -0.39 is 0 Å². The summed E-state index contributed by atoms with van der Waals surface area (Å²) in [6, 6.07) is 2.01. The summed E-state index contributed by atoms with van der Waals surface area (Å²) in [4.78, 5) is 0. The first-order valence-electron chi connectivity index (χ1n) is 4.55. The Hall–Kier alpha value is -1.49. The molecule has 5 nitrogen and oxygen atoms in total. The number of nitrogen functional groups attached to an aromatic ring is 1. The summed E-state index contributed by atoms with van der Waals surface area (Å²) < 4.78 is 1.82. The van der Waals surface area contributed by atoms with Gasteiger partial charge in [-0.1, -0.05) is 11.6 Å². The van der Waals surface area contributed by atoms with Crippen LogP contribution in [0.2, 0.25) is 5.15 Å². The molecule has 0 aliphatic heterocycles. The Balaban J connectivity index is 2.29. The van der Waals surface area contributed by atoms with E-state index in [9.17, 15) is 0 Å². The second-order valence-corrected chi connectivity index (χ2v) is 3.84. The number of hydrogen-bond acceptors (Lipinski definition) is 3. The number of nitrogens with zero attached hydrogens (tertiary/aromatic N) is 3. The first kappa shape index (κ1) is 10.0. The van der Waals surface area contributed by atoms with Crippen LogP contribution in [0.1, 0.15) is 17.1 Å². The minimum atomic E-state index is 0.323. The predicted molar refractivity (Wildman–Crippen MR) is 58.8 cm³/mol. The number of rotatable bonds is 2. The van der Waals surface area contributed by atoms with Crippen molar-refractivity contribution >= 4 is 17.3 Å². The average molecular weight is 226 g/mol. The number of H-pyrrole nitrogens is 1. The van der Waals surface area contributed by atoms with Crippen molar-refractivity contribution < 1.29 is 0 Å². The van der Waals surface area contributed by atoms with E-state index in [1.54, 1.807) is 0 Å². The number of anilines is 1. The number of aryl methyl sites for hydroxylation is 2. The van der Waals surface area contributed by atoms with Gasteiger partial charge in [0.05, 0.1) is 17.1 Å². The summed E-state index contributed by atoms with van der Waals surface area (Å²) in [5.74, 6) is 0. The molecule has 0 spiro atoms. The quantitative estimate of drug-likeness (QED) is 0.809. The zero-order chi connectivity index (χ0) is 11.0. The molecule has 80 valence electrons. The molecule has 2 rings (SSSR count). The highest BCUT2D eigenvalue weighted by Crippen LogP contribution is 2.21. The number of halogens is 1. The lowest BCUT2D eigenvalue weighted by molar-refractivity contribution is 0.713. The van der Waals surface area contributed by atoms with E-state index in [-0.39, 0.29) is 0 Å². The molecule has 0 bridgehead atoms. The van der Waals surface area contributed by atoms with Crippen molar-refractivity contribution in [2.24, 2.45) is 7.05 Å². The van der Waals surface area contributed by atoms with Crippen LogP contribution < -0.4 is 5.73 Å². The number of aromatic amines is 1. The average Bonchev–Trinajstić information content (AvgIpc) is 2.64. The Labute approximate surface area is 92.2 Å². The molecule has 0 radical (unpaired) electrons. The second-order valence-electron chi connectivity index (χ2n) is 3.48. The molecule has 15 heavy (non-hydrogen) atoms. The monoisotopic (exact) mass is 225 g/mol. The van der Waals surface area contributed by atoms with Crippen LogP contribution in [0.5, 0.6) is 0 Å². The summed E-state index contributed by atoms with van der Waals surface area (Å²) in [7, 11) is 1.90. The highest BCUT2D eigenvalue weighted by Gasteiger charge is 2.10. The van der Waals surface area contributed by atoms with E-state index in [0.717, 1.165) is 17.1 Å². The summed E-state index contributed by atoms with van der Waals surface area (Å²) in [6.45, 7) is 1.95. The Morgan fingerprint density at radius 1 is 1.60 bits per heavy atom. The van der Waals surface area contributed by atoms with Gasteiger partial charge in [-0.15, -0.1) is 0 Å². The molecule has 0 atom stereocenters. The zero-order valence-electron chi connectivity index (χ0n) is 8.58. The van der Waals surface area contributed by atoms with Gasteiger partial charge in [-0.05, 0) is 13.0 Å². The van der Waals surface area contributed by atoms with Crippen molar-refractivity contribution in [3.63, 3.8) is 0 Å². The molecule has 0 fully saturated rings. The van der Waals surface area contributed by atoms with E-state index in [2.05, 4.69) is 15.3 Å². The van der Waals surface area contributed by atoms with Crippen LogP contribution in [0.25, 0.3) is 0 Å². The van der Waals surface area contributed by atoms with Crippen LogP contribution in [-0.2, 0) is 13.5 Å². The molecule has 0 unspecified atom stereocenters. The fourth-order valence-corrected chi connectivity index (χ4v) is 1.66. The molecular formula is C9H12ClN5. The third-order valence-corrected chi connectivity index (χ3v) is 2.58. The molecule has 2 aromatic rings. The smallest absolute Gasteiger partial charge is 0.174 e. The minimum Gasteiger partial charge on any atom is -0.395 e. The maximum atomic E-state index is 5.75. The lowest BCUT2D eigenvalue weighted by Crippen LogP contribution is -2.01. The third kappa shape index (κ3) is 1.83. The van der Waals surface area contributed by atoms with Crippen LogP contribution in [-0.4, -0.2) is 20.0 Å². The molecule has 2 aromatic heterocycles. The van der Waals surface area contributed by atoms with Gasteiger partial charge in [0, 0.05) is 19.2 Å². The van der Waals surface area contributed by atoms with Crippen molar-refractivity contribution in [1.29, 1.82) is 0 Å². The molecule has 0 amide bonds. The van der Waals surface area contributed by atoms with Gasteiger partial charge in [0.25, 0.3) is 0 Å². The van der Waals surface area contributed by atoms with Crippen molar-refractivity contribution in [3.05, 3.63) is 28.3 Å². The van der Waals surface area contributed by atoms with Crippen LogP contribution in [0, 0.1) is 6.92 Å².